The van der Waals surface area contributed by atoms with E-state index < -0.39 is 24.1 Å². The Morgan fingerprint density at radius 3 is 1.55 bits per heavy atom. The van der Waals surface area contributed by atoms with Crippen molar-refractivity contribution in [2.24, 2.45) is 0 Å². The number of esters is 2. The van der Waals surface area contributed by atoms with Crippen molar-refractivity contribution in [1.29, 1.82) is 0 Å². The van der Waals surface area contributed by atoms with Crippen LogP contribution in [-0.2, 0) is 19.1 Å². The van der Waals surface area contributed by atoms with Crippen molar-refractivity contribution < 1.29 is 29.3 Å². The van der Waals surface area contributed by atoms with Gasteiger partial charge >= 0.3 is 11.9 Å². The zero-order valence-electron chi connectivity index (χ0n) is 13.0. The summed E-state index contributed by atoms with van der Waals surface area (Å²) in [5, 5.41) is 19.5. The van der Waals surface area contributed by atoms with E-state index in [4.69, 9.17) is 9.47 Å². The van der Waals surface area contributed by atoms with Gasteiger partial charge in [-0.3, -0.25) is 0 Å². The van der Waals surface area contributed by atoms with Crippen molar-refractivity contribution in [3.8, 4) is 0 Å². The highest BCUT2D eigenvalue weighted by Crippen LogP contribution is 2.10. The van der Waals surface area contributed by atoms with Crippen LogP contribution in [0.2, 0.25) is 0 Å². The van der Waals surface area contributed by atoms with Gasteiger partial charge in [-0.1, -0.05) is 0 Å². The number of hydrogen-bond donors (Lipinski definition) is 2. The van der Waals surface area contributed by atoms with E-state index in [1.54, 1.807) is 13.8 Å². The maximum absolute atomic E-state index is 11.6. The molecule has 1 heterocycles. The average molecular weight is 312 g/mol. The van der Waals surface area contributed by atoms with E-state index in [1.165, 1.54) is 24.3 Å². The Morgan fingerprint density at radius 2 is 1.18 bits per heavy atom. The lowest BCUT2D eigenvalue weighted by Gasteiger charge is -2.15. The van der Waals surface area contributed by atoms with Crippen LogP contribution in [-0.4, -0.2) is 46.6 Å². The molecule has 0 saturated heterocycles. The fourth-order valence-corrected chi connectivity index (χ4v) is 1.98. The fraction of sp³-hybridized carbons (Fsp3) is 0.625. The number of aliphatic hydroxyl groups is 2. The minimum Gasteiger partial charge on any atom is -0.460 e. The summed E-state index contributed by atoms with van der Waals surface area (Å²) < 4.78 is 10.3. The number of cyclic esters (lactones) is 2. The smallest absolute Gasteiger partial charge is 0.330 e. The van der Waals surface area contributed by atoms with Crippen molar-refractivity contribution in [2.45, 2.75) is 63.9 Å². The summed E-state index contributed by atoms with van der Waals surface area (Å²) in [7, 11) is 0. The highest BCUT2D eigenvalue weighted by Gasteiger charge is 2.13. The van der Waals surface area contributed by atoms with Crippen molar-refractivity contribution in [2.75, 3.05) is 0 Å². The molecule has 0 aromatic rings. The highest BCUT2D eigenvalue weighted by molar-refractivity contribution is 5.82. The second kappa shape index (κ2) is 9.38. The van der Waals surface area contributed by atoms with Crippen LogP contribution in [0.5, 0.6) is 0 Å². The maximum Gasteiger partial charge on any atom is 0.330 e. The Hall–Kier alpha value is -1.66. The molecule has 22 heavy (non-hydrogen) atoms. The van der Waals surface area contributed by atoms with Gasteiger partial charge in [-0.15, -0.1) is 0 Å². The molecule has 1 aliphatic heterocycles. The summed E-state index contributed by atoms with van der Waals surface area (Å²) >= 11 is 0. The molecule has 0 aromatic heterocycles. The molecule has 0 fully saturated rings. The zero-order valence-corrected chi connectivity index (χ0v) is 13.0. The predicted octanol–water partition coefficient (Wildman–Crippen LogP) is 1.26. The van der Waals surface area contributed by atoms with E-state index >= 15 is 0 Å². The molecule has 0 spiro atoms. The molecule has 124 valence electrons. The van der Waals surface area contributed by atoms with Crippen LogP contribution < -0.4 is 0 Å². The van der Waals surface area contributed by atoms with E-state index in [-0.39, 0.29) is 12.2 Å². The van der Waals surface area contributed by atoms with Crippen LogP contribution in [0.4, 0.5) is 0 Å². The molecule has 0 amide bonds. The molecule has 2 N–H and O–H groups in total. The molecule has 6 nitrogen and oxygen atoms in total. The quantitative estimate of drug-likeness (QED) is 0.654. The van der Waals surface area contributed by atoms with Gasteiger partial charge in [0.1, 0.15) is 0 Å². The van der Waals surface area contributed by atoms with E-state index in [0.29, 0.717) is 25.7 Å². The van der Waals surface area contributed by atoms with Crippen molar-refractivity contribution in [3.63, 3.8) is 0 Å². The lowest BCUT2D eigenvalue weighted by atomic mass is 10.1. The van der Waals surface area contributed by atoms with Crippen LogP contribution >= 0.6 is 0 Å². The molecule has 0 unspecified atom stereocenters. The van der Waals surface area contributed by atoms with E-state index in [2.05, 4.69) is 0 Å². The second-order valence-electron chi connectivity index (χ2n) is 5.50. The third-order valence-electron chi connectivity index (χ3n) is 3.28. The number of carbonyl (C=O) groups excluding carboxylic acids is 2. The van der Waals surface area contributed by atoms with Gasteiger partial charge in [-0.05, 0) is 51.7 Å². The Bertz CT molecular complexity index is 388. The summed E-state index contributed by atoms with van der Waals surface area (Å²) in [5.41, 5.74) is 0. The summed E-state index contributed by atoms with van der Waals surface area (Å²) in [4.78, 5) is 23.1. The normalized spacial score (nSPS) is 35.3. The van der Waals surface area contributed by atoms with Crippen LogP contribution in [0.1, 0.15) is 39.5 Å². The van der Waals surface area contributed by atoms with Crippen molar-refractivity contribution >= 4 is 11.9 Å². The van der Waals surface area contributed by atoms with Crippen LogP contribution in [0, 0.1) is 0 Å². The number of ether oxygens (including phenoxy) is 2. The average Bonchev–Trinajstić information content (AvgIpc) is 2.46. The molecule has 0 saturated carbocycles. The number of carbonyl (C=O) groups is 2. The third kappa shape index (κ3) is 7.95. The van der Waals surface area contributed by atoms with E-state index in [0.717, 1.165) is 0 Å². The van der Waals surface area contributed by atoms with Gasteiger partial charge in [0.2, 0.25) is 0 Å². The van der Waals surface area contributed by atoms with Crippen LogP contribution in [0.3, 0.4) is 0 Å². The first-order chi connectivity index (χ1) is 10.4. The Morgan fingerprint density at radius 1 is 0.818 bits per heavy atom. The molecule has 6 heteroatoms. The molecule has 4 atom stereocenters. The molecule has 0 aromatic carbocycles. The molecular formula is C16H24O6. The van der Waals surface area contributed by atoms with E-state index in [1.807, 2.05) is 0 Å². The molecule has 0 radical (unpaired) electrons. The zero-order chi connectivity index (χ0) is 16.5. The SMILES string of the molecule is C[C@@H]1CC[C@H](O)/C=C/C(=O)O[C@H](C)CC[C@H](O)/C=C\C(=O)O1. The number of aliphatic hydroxyl groups excluding tert-OH is 2. The topological polar surface area (TPSA) is 93.1 Å². The minimum absolute atomic E-state index is 0.361. The first kappa shape index (κ1) is 18.4. The Balaban J connectivity index is 2.70. The Kier molecular flexibility index (Phi) is 7.84. The molecular weight excluding hydrogens is 288 g/mol. The number of rotatable bonds is 0. The lowest BCUT2D eigenvalue weighted by molar-refractivity contribution is -0.143. The summed E-state index contributed by atoms with van der Waals surface area (Å²) in [5.74, 6) is -1.05. The summed E-state index contributed by atoms with van der Waals surface area (Å²) in [6, 6.07) is 0. The van der Waals surface area contributed by atoms with Crippen molar-refractivity contribution in [1.82, 2.24) is 0 Å². The standard InChI is InChI=1S/C16H24O6/c1-11-3-5-13(17)8-10-16(20)22-12(2)4-6-14(18)7-9-15(19)21-11/h7-14,17-18H,3-6H2,1-2H3/b9-7-,10-8+/t11-,12-,13+,14+/m1/s1. The van der Waals surface area contributed by atoms with Gasteiger partial charge in [-0.2, -0.15) is 0 Å². The van der Waals surface area contributed by atoms with E-state index in [9.17, 15) is 19.8 Å². The summed E-state index contributed by atoms with van der Waals surface area (Å²) in [6.45, 7) is 3.44. The highest BCUT2D eigenvalue weighted by atomic mass is 16.5. The molecule has 0 aliphatic carbocycles. The Labute approximate surface area is 130 Å². The van der Waals surface area contributed by atoms with Gasteiger partial charge in [-0.25, -0.2) is 9.59 Å². The third-order valence-corrected chi connectivity index (χ3v) is 3.28. The maximum atomic E-state index is 11.6. The fourth-order valence-electron chi connectivity index (χ4n) is 1.98. The van der Waals surface area contributed by atoms with Gasteiger partial charge in [0.15, 0.2) is 0 Å². The van der Waals surface area contributed by atoms with Crippen LogP contribution in [0.15, 0.2) is 24.3 Å². The summed E-state index contributed by atoms with van der Waals surface area (Å²) in [6.07, 6.45) is 4.44. The monoisotopic (exact) mass is 312 g/mol. The van der Waals surface area contributed by atoms with Gasteiger partial charge in [0.25, 0.3) is 0 Å². The van der Waals surface area contributed by atoms with Gasteiger partial charge in [0.05, 0.1) is 24.4 Å². The first-order valence-electron chi connectivity index (χ1n) is 7.50. The molecule has 1 aliphatic rings. The molecule has 1 rings (SSSR count). The second-order valence-corrected chi connectivity index (χ2v) is 5.50. The van der Waals surface area contributed by atoms with Crippen molar-refractivity contribution in [3.05, 3.63) is 24.3 Å². The van der Waals surface area contributed by atoms with Crippen LogP contribution in [0.25, 0.3) is 0 Å². The first-order valence-corrected chi connectivity index (χ1v) is 7.50. The lowest BCUT2D eigenvalue weighted by Crippen LogP contribution is -2.18. The molecule has 0 bridgehead atoms. The van der Waals surface area contributed by atoms with Gasteiger partial charge < -0.3 is 19.7 Å². The minimum atomic E-state index is -0.797. The van der Waals surface area contributed by atoms with Gasteiger partial charge in [0, 0.05) is 12.2 Å². The number of hydrogen-bond acceptors (Lipinski definition) is 6. The largest absolute Gasteiger partial charge is 0.460 e. The predicted molar refractivity (Wildman–Crippen MR) is 79.9 cm³/mol.